The van der Waals surface area contributed by atoms with Crippen molar-refractivity contribution in [3.8, 4) is 0 Å². The Morgan fingerprint density at radius 2 is 1.88 bits per heavy atom. The van der Waals surface area contributed by atoms with Gasteiger partial charge in [0.2, 0.25) is 0 Å². The van der Waals surface area contributed by atoms with Crippen LogP contribution in [0.4, 0.5) is 4.39 Å². The molecule has 0 aliphatic rings. The van der Waals surface area contributed by atoms with Gasteiger partial charge in [0.05, 0.1) is 17.3 Å². The van der Waals surface area contributed by atoms with E-state index in [0.717, 1.165) is 5.39 Å². The van der Waals surface area contributed by atoms with E-state index in [1.54, 1.807) is 37.4 Å². The molecule has 2 aromatic carbocycles. The van der Waals surface area contributed by atoms with Crippen LogP contribution in [-0.4, -0.2) is 35.1 Å². The number of nitrogens with one attached hydrogen (secondary N) is 3. The Morgan fingerprint density at radius 1 is 1.12 bits per heavy atom. The number of hydrogen-bond donors (Lipinski definition) is 3. The van der Waals surface area contributed by atoms with Gasteiger partial charge in [-0.25, -0.2) is 4.39 Å². The van der Waals surface area contributed by atoms with Crippen LogP contribution in [0.1, 0.15) is 26.3 Å². The minimum atomic E-state index is -0.423. The van der Waals surface area contributed by atoms with Gasteiger partial charge in [0.1, 0.15) is 5.82 Å². The van der Waals surface area contributed by atoms with E-state index in [1.807, 2.05) is 6.07 Å². The fourth-order valence-electron chi connectivity index (χ4n) is 2.44. The molecule has 7 heteroatoms. The van der Waals surface area contributed by atoms with Crippen LogP contribution >= 0.6 is 0 Å². The fraction of sp³-hybridized carbons (Fsp3) is 0.167. The molecule has 128 valence electrons. The molecular formula is C18H17FN4O2. The summed E-state index contributed by atoms with van der Waals surface area (Å²) in [6.45, 7) is 2.12. The summed E-state index contributed by atoms with van der Waals surface area (Å²) in [5, 5.41) is 12.9. The Morgan fingerprint density at radius 3 is 2.64 bits per heavy atom. The van der Waals surface area contributed by atoms with Crippen LogP contribution in [0.5, 0.6) is 0 Å². The maximum atomic E-state index is 13.5. The van der Waals surface area contributed by atoms with Crippen LogP contribution < -0.4 is 10.6 Å². The van der Waals surface area contributed by atoms with E-state index in [2.05, 4.69) is 20.8 Å². The maximum absolute atomic E-state index is 13.5. The van der Waals surface area contributed by atoms with Crippen LogP contribution in [0, 0.1) is 12.7 Å². The molecule has 0 aliphatic heterocycles. The first kappa shape index (κ1) is 16.6. The standard InChI is InChI=1S/C18H17FN4O2/c1-11-5-6-12(9-15(11)19)17(24)20-7-8-21-18(25)14-4-2-3-13-10-22-23-16(13)14/h2-6,9-10H,7-8H2,1H3,(H,20,24)(H,21,25)(H,22,23). The largest absolute Gasteiger partial charge is 0.350 e. The number of para-hydroxylation sites is 1. The molecule has 0 atom stereocenters. The van der Waals surface area contributed by atoms with Crippen LogP contribution in [-0.2, 0) is 0 Å². The zero-order valence-electron chi connectivity index (χ0n) is 13.6. The highest BCUT2D eigenvalue weighted by Gasteiger charge is 2.11. The molecule has 0 radical (unpaired) electrons. The van der Waals surface area contributed by atoms with Crippen molar-refractivity contribution in [3.63, 3.8) is 0 Å². The zero-order chi connectivity index (χ0) is 17.8. The summed E-state index contributed by atoms with van der Waals surface area (Å²) in [6, 6.07) is 9.64. The van der Waals surface area contributed by atoms with Gasteiger partial charge in [-0.15, -0.1) is 0 Å². The Kier molecular flexibility index (Phi) is 4.74. The summed E-state index contributed by atoms with van der Waals surface area (Å²) in [5.41, 5.74) is 1.88. The normalized spacial score (nSPS) is 10.6. The average molecular weight is 340 g/mol. The molecule has 2 amide bonds. The van der Waals surface area contributed by atoms with Crippen LogP contribution in [0.15, 0.2) is 42.6 Å². The van der Waals surface area contributed by atoms with Gasteiger partial charge in [0.15, 0.2) is 0 Å². The molecule has 0 bridgehead atoms. The molecule has 0 saturated heterocycles. The SMILES string of the molecule is Cc1ccc(C(=O)NCCNC(=O)c2cccc3cn[nH]c23)cc1F. The molecular weight excluding hydrogens is 323 g/mol. The molecule has 25 heavy (non-hydrogen) atoms. The lowest BCUT2D eigenvalue weighted by atomic mass is 10.1. The first-order valence-corrected chi connectivity index (χ1v) is 7.81. The maximum Gasteiger partial charge on any atom is 0.253 e. The highest BCUT2D eigenvalue weighted by Crippen LogP contribution is 2.15. The van der Waals surface area contributed by atoms with Gasteiger partial charge in [0, 0.05) is 24.0 Å². The van der Waals surface area contributed by atoms with E-state index < -0.39 is 5.82 Å². The van der Waals surface area contributed by atoms with Crippen molar-refractivity contribution in [1.29, 1.82) is 0 Å². The molecule has 0 aliphatic carbocycles. The molecule has 3 rings (SSSR count). The predicted octanol–water partition coefficient (Wildman–Crippen LogP) is 2.17. The van der Waals surface area contributed by atoms with Crippen molar-refractivity contribution < 1.29 is 14.0 Å². The summed E-state index contributed by atoms with van der Waals surface area (Å²) in [7, 11) is 0. The van der Waals surface area contributed by atoms with Gasteiger partial charge in [-0.3, -0.25) is 14.7 Å². The summed E-state index contributed by atoms with van der Waals surface area (Å²) < 4.78 is 13.5. The summed E-state index contributed by atoms with van der Waals surface area (Å²) in [5.74, 6) is -1.07. The molecule has 1 aromatic heterocycles. The van der Waals surface area contributed by atoms with E-state index in [1.165, 1.54) is 6.07 Å². The van der Waals surface area contributed by atoms with Crippen LogP contribution in [0.25, 0.3) is 10.9 Å². The van der Waals surface area contributed by atoms with Gasteiger partial charge in [-0.05, 0) is 30.7 Å². The van der Waals surface area contributed by atoms with Gasteiger partial charge in [-0.2, -0.15) is 5.10 Å². The first-order chi connectivity index (χ1) is 12.1. The van der Waals surface area contributed by atoms with E-state index in [9.17, 15) is 14.0 Å². The highest BCUT2D eigenvalue weighted by atomic mass is 19.1. The fourth-order valence-corrected chi connectivity index (χ4v) is 2.44. The minimum absolute atomic E-state index is 0.235. The van der Waals surface area contributed by atoms with E-state index in [0.29, 0.717) is 16.6 Å². The molecule has 6 nitrogen and oxygen atoms in total. The van der Waals surface area contributed by atoms with Gasteiger partial charge >= 0.3 is 0 Å². The summed E-state index contributed by atoms with van der Waals surface area (Å²) in [4.78, 5) is 24.2. The van der Waals surface area contributed by atoms with E-state index in [-0.39, 0.29) is 30.5 Å². The van der Waals surface area contributed by atoms with Crippen LogP contribution in [0.2, 0.25) is 0 Å². The van der Waals surface area contributed by atoms with Crippen molar-refractivity contribution in [2.45, 2.75) is 6.92 Å². The molecule has 3 aromatic rings. The third kappa shape index (κ3) is 3.65. The average Bonchev–Trinajstić information content (AvgIpc) is 3.09. The lowest BCUT2D eigenvalue weighted by Crippen LogP contribution is -2.34. The van der Waals surface area contributed by atoms with Crippen molar-refractivity contribution in [2.75, 3.05) is 13.1 Å². The third-order valence-corrected chi connectivity index (χ3v) is 3.85. The zero-order valence-corrected chi connectivity index (χ0v) is 13.6. The molecule has 3 N–H and O–H groups in total. The highest BCUT2D eigenvalue weighted by molar-refractivity contribution is 6.05. The number of rotatable bonds is 5. The van der Waals surface area contributed by atoms with Gasteiger partial charge in [0.25, 0.3) is 11.8 Å². The third-order valence-electron chi connectivity index (χ3n) is 3.85. The quantitative estimate of drug-likeness (QED) is 0.622. The minimum Gasteiger partial charge on any atom is -0.350 e. The summed E-state index contributed by atoms with van der Waals surface area (Å²) >= 11 is 0. The van der Waals surface area contributed by atoms with Gasteiger partial charge in [-0.1, -0.05) is 18.2 Å². The second-order valence-corrected chi connectivity index (χ2v) is 5.62. The van der Waals surface area contributed by atoms with Crippen molar-refractivity contribution >= 4 is 22.7 Å². The van der Waals surface area contributed by atoms with Gasteiger partial charge < -0.3 is 10.6 Å². The Balaban J connectivity index is 1.53. The number of aromatic nitrogens is 2. The molecule has 0 spiro atoms. The number of halogens is 1. The molecule has 0 fully saturated rings. The molecule has 0 unspecified atom stereocenters. The lowest BCUT2D eigenvalue weighted by Gasteiger charge is -2.08. The number of hydrogen-bond acceptors (Lipinski definition) is 3. The van der Waals surface area contributed by atoms with Crippen molar-refractivity contribution in [3.05, 3.63) is 65.1 Å². The smallest absolute Gasteiger partial charge is 0.253 e. The number of carbonyl (C=O) groups is 2. The number of fused-ring (bicyclic) bond motifs is 1. The number of H-pyrrole nitrogens is 1. The second kappa shape index (κ2) is 7.12. The Labute approximate surface area is 143 Å². The second-order valence-electron chi connectivity index (χ2n) is 5.62. The number of carbonyl (C=O) groups excluding carboxylic acids is 2. The topological polar surface area (TPSA) is 86.9 Å². The predicted molar refractivity (Wildman–Crippen MR) is 91.9 cm³/mol. The first-order valence-electron chi connectivity index (χ1n) is 7.81. The van der Waals surface area contributed by atoms with Crippen molar-refractivity contribution in [1.82, 2.24) is 20.8 Å². The van der Waals surface area contributed by atoms with E-state index in [4.69, 9.17) is 0 Å². The number of nitrogens with zero attached hydrogens (tertiary/aromatic N) is 1. The number of amides is 2. The molecule has 0 saturated carbocycles. The van der Waals surface area contributed by atoms with E-state index >= 15 is 0 Å². The number of aryl methyl sites for hydroxylation is 1. The lowest BCUT2D eigenvalue weighted by molar-refractivity contribution is 0.0928. The number of aromatic amines is 1. The Bertz CT molecular complexity index is 936. The molecule has 1 heterocycles. The van der Waals surface area contributed by atoms with Crippen molar-refractivity contribution in [2.24, 2.45) is 0 Å². The summed E-state index contributed by atoms with van der Waals surface area (Å²) in [6.07, 6.45) is 1.65. The monoisotopic (exact) mass is 340 g/mol. The van der Waals surface area contributed by atoms with Crippen LogP contribution in [0.3, 0.4) is 0 Å². The number of benzene rings is 2. The Hall–Kier alpha value is -3.22.